The number of aromatic amines is 1. The van der Waals surface area contributed by atoms with E-state index in [4.69, 9.17) is 0 Å². The molecule has 0 saturated heterocycles. The second-order valence-corrected chi connectivity index (χ2v) is 4.62. The standard InChI is InChI=1S/C12H18N2/c1-7(2)12-9(4)8(3)5-11-10(12)6-13-14-11/h5-9,14H,1-4H3. The molecule has 0 bridgehead atoms. The Hall–Kier alpha value is -1.05. The number of nitrogens with one attached hydrogen (secondary N) is 1. The Labute approximate surface area is 84.7 Å². The normalized spacial score (nSPS) is 26.2. The predicted molar refractivity (Wildman–Crippen MR) is 58.9 cm³/mol. The molecule has 0 spiro atoms. The molecule has 1 aliphatic carbocycles. The molecule has 2 unspecified atom stereocenters. The van der Waals surface area contributed by atoms with Crippen molar-refractivity contribution in [3.8, 4) is 0 Å². The minimum absolute atomic E-state index is 0.609. The van der Waals surface area contributed by atoms with Crippen LogP contribution in [0.2, 0.25) is 0 Å². The molecule has 0 aliphatic heterocycles. The second kappa shape index (κ2) is 3.26. The highest BCUT2D eigenvalue weighted by Crippen LogP contribution is 2.28. The van der Waals surface area contributed by atoms with Crippen LogP contribution in [0.15, 0.2) is 6.20 Å². The molecule has 1 heterocycles. The summed E-state index contributed by atoms with van der Waals surface area (Å²) in [6.07, 6.45) is 4.25. The number of nitrogens with zero attached hydrogens (tertiary/aromatic N) is 1. The van der Waals surface area contributed by atoms with Crippen LogP contribution in [0.4, 0.5) is 0 Å². The van der Waals surface area contributed by atoms with Crippen LogP contribution in [0.1, 0.15) is 27.7 Å². The van der Waals surface area contributed by atoms with E-state index in [1.165, 1.54) is 10.6 Å². The fraction of sp³-hybridized carbons (Fsp3) is 0.583. The van der Waals surface area contributed by atoms with Crippen LogP contribution < -0.4 is 10.6 Å². The summed E-state index contributed by atoms with van der Waals surface area (Å²) in [6.45, 7) is 9.12. The van der Waals surface area contributed by atoms with Gasteiger partial charge in [0.2, 0.25) is 0 Å². The molecule has 2 atom stereocenters. The molecule has 1 aromatic heterocycles. The molecule has 0 radical (unpaired) electrons. The highest BCUT2D eigenvalue weighted by atomic mass is 15.1. The third kappa shape index (κ3) is 1.29. The lowest BCUT2D eigenvalue weighted by molar-refractivity contribution is 0.551. The molecular weight excluding hydrogens is 172 g/mol. The van der Waals surface area contributed by atoms with Gasteiger partial charge in [-0.05, 0) is 17.8 Å². The van der Waals surface area contributed by atoms with Crippen molar-refractivity contribution in [2.75, 3.05) is 0 Å². The van der Waals surface area contributed by atoms with Crippen LogP contribution in [-0.2, 0) is 0 Å². The smallest absolute Gasteiger partial charge is 0.0613 e. The fourth-order valence-corrected chi connectivity index (χ4v) is 2.43. The monoisotopic (exact) mass is 190 g/mol. The zero-order valence-corrected chi connectivity index (χ0v) is 9.33. The van der Waals surface area contributed by atoms with Gasteiger partial charge in [0.05, 0.1) is 11.5 Å². The minimum Gasteiger partial charge on any atom is -0.278 e. The van der Waals surface area contributed by atoms with Crippen LogP contribution in [0.3, 0.4) is 0 Å². The van der Waals surface area contributed by atoms with Gasteiger partial charge in [0.25, 0.3) is 0 Å². The van der Waals surface area contributed by atoms with E-state index in [1.807, 2.05) is 6.20 Å². The fourth-order valence-electron chi connectivity index (χ4n) is 2.43. The quantitative estimate of drug-likeness (QED) is 0.710. The van der Waals surface area contributed by atoms with E-state index >= 15 is 0 Å². The summed E-state index contributed by atoms with van der Waals surface area (Å²) < 4.78 is 0. The summed E-state index contributed by atoms with van der Waals surface area (Å²) >= 11 is 0. The molecule has 14 heavy (non-hydrogen) atoms. The third-order valence-corrected chi connectivity index (χ3v) is 3.31. The molecule has 0 aromatic carbocycles. The number of rotatable bonds is 1. The van der Waals surface area contributed by atoms with E-state index in [0.29, 0.717) is 17.8 Å². The molecule has 2 heteroatoms. The molecule has 0 amide bonds. The topological polar surface area (TPSA) is 28.7 Å². The molecule has 2 nitrogen and oxygen atoms in total. The first-order chi connectivity index (χ1) is 6.61. The number of fused-ring (bicyclic) bond motifs is 1. The predicted octanol–water partition coefficient (Wildman–Crippen LogP) is 1.28. The van der Waals surface area contributed by atoms with Crippen molar-refractivity contribution in [2.45, 2.75) is 27.7 Å². The van der Waals surface area contributed by atoms with Gasteiger partial charge in [0.1, 0.15) is 0 Å². The second-order valence-electron chi connectivity index (χ2n) is 4.62. The molecule has 0 fully saturated rings. The SMILES string of the molecule is CC(C)C1=c2cn[nH]c2=CC(C)C1C. The number of hydrogen-bond donors (Lipinski definition) is 1. The Kier molecular flexibility index (Phi) is 2.22. The first-order valence-corrected chi connectivity index (χ1v) is 5.36. The molecule has 1 aliphatic rings. The lowest BCUT2D eigenvalue weighted by atomic mass is 9.79. The molecule has 1 N–H and O–H groups in total. The van der Waals surface area contributed by atoms with Crippen LogP contribution in [0.5, 0.6) is 0 Å². The van der Waals surface area contributed by atoms with Gasteiger partial charge < -0.3 is 0 Å². The maximum absolute atomic E-state index is 4.13. The molecule has 0 saturated carbocycles. The van der Waals surface area contributed by atoms with E-state index in [-0.39, 0.29) is 0 Å². The molecular formula is C12H18N2. The number of hydrogen-bond acceptors (Lipinski definition) is 1. The largest absolute Gasteiger partial charge is 0.278 e. The van der Waals surface area contributed by atoms with Crippen molar-refractivity contribution >= 4 is 11.6 Å². The Morgan fingerprint density at radius 3 is 2.71 bits per heavy atom. The van der Waals surface area contributed by atoms with E-state index < -0.39 is 0 Å². The first-order valence-electron chi connectivity index (χ1n) is 5.36. The summed E-state index contributed by atoms with van der Waals surface area (Å²) in [6, 6.07) is 0. The number of aromatic nitrogens is 2. The Bertz CT molecular complexity index is 439. The van der Waals surface area contributed by atoms with Gasteiger partial charge in [0.15, 0.2) is 0 Å². The Balaban J connectivity index is 2.75. The molecule has 2 rings (SSSR count). The summed E-state index contributed by atoms with van der Waals surface area (Å²) in [5.74, 6) is 1.86. The Morgan fingerprint density at radius 1 is 1.36 bits per heavy atom. The van der Waals surface area contributed by atoms with Gasteiger partial charge in [-0.2, -0.15) is 5.10 Å². The van der Waals surface area contributed by atoms with E-state index in [2.05, 4.69) is 44.0 Å². The van der Waals surface area contributed by atoms with Crippen LogP contribution in [0.25, 0.3) is 11.6 Å². The minimum atomic E-state index is 0.609. The lowest BCUT2D eigenvalue weighted by Gasteiger charge is -2.25. The van der Waals surface area contributed by atoms with Gasteiger partial charge in [-0.1, -0.05) is 39.3 Å². The summed E-state index contributed by atoms with van der Waals surface area (Å²) in [5.41, 5.74) is 1.55. The van der Waals surface area contributed by atoms with Crippen molar-refractivity contribution in [2.24, 2.45) is 17.8 Å². The summed E-state index contributed by atoms with van der Waals surface area (Å²) in [4.78, 5) is 0. The van der Waals surface area contributed by atoms with Crippen LogP contribution >= 0.6 is 0 Å². The molecule has 1 aromatic rings. The third-order valence-electron chi connectivity index (χ3n) is 3.31. The average Bonchev–Trinajstić information content (AvgIpc) is 2.52. The van der Waals surface area contributed by atoms with E-state index in [1.54, 1.807) is 5.57 Å². The van der Waals surface area contributed by atoms with Crippen LogP contribution in [0, 0.1) is 17.8 Å². The average molecular weight is 190 g/mol. The van der Waals surface area contributed by atoms with Gasteiger partial charge in [-0.25, -0.2) is 0 Å². The van der Waals surface area contributed by atoms with Gasteiger partial charge in [-0.3, -0.25) is 5.10 Å². The maximum atomic E-state index is 4.13. The summed E-state index contributed by atoms with van der Waals surface area (Å²) in [7, 11) is 0. The van der Waals surface area contributed by atoms with Crippen molar-refractivity contribution in [3.05, 3.63) is 16.8 Å². The van der Waals surface area contributed by atoms with Crippen molar-refractivity contribution in [3.63, 3.8) is 0 Å². The van der Waals surface area contributed by atoms with Crippen molar-refractivity contribution < 1.29 is 0 Å². The van der Waals surface area contributed by atoms with E-state index in [9.17, 15) is 0 Å². The first kappa shape index (κ1) is 9.50. The van der Waals surface area contributed by atoms with Crippen molar-refractivity contribution in [1.29, 1.82) is 0 Å². The highest BCUT2D eigenvalue weighted by Gasteiger charge is 2.22. The van der Waals surface area contributed by atoms with Gasteiger partial charge in [0, 0.05) is 5.22 Å². The zero-order valence-electron chi connectivity index (χ0n) is 9.33. The maximum Gasteiger partial charge on any atom is 0.0613 e. The zero-order chi connectivity index (χ0) is 10.3. The van der Waals surface area contributed by atoms with Crippen LogP contribution in [-0.4, -0.2) is 10.2 Å². The highest BCUT2D eigenvalue weighted by molar-refractivity contribution is 5.54. The molecule has 76 valence electrons. The van der Waals surface area contributed by atoms with Gasteiger partial charge >= 0.3 is 0 Å². The lowest BCUT2D eigenvalue weighted by Crippen LogP contribution is -2.35. The summed E-state index contributed by atoms with van der Waals surface area (Å²) in [5, 5.41) is 9.73. The van der Waals surface area contributed by atoms with Gasteiger partial charge in [-0.15, -0.1) is 0 Å². The Morgan fingerprint density at radius 2 is 2.07 bits per heavy atom. The van der Waals surface area contributed by atoms with E-state index in [0.717, 1.165) is 0 Å². The van der Waals surface area contributed by atoms with Crippen molar-refractivity contribution in [1.82, 2.24) is 10.2 Å². The number of H-pyrrole nitrogens is 1.